The number of hydrogen-bond acceptors (Lipinski definition) is 2. The average Bonchev–Trinajstić information content (AvgIpc) is 2.25. The monoisotopic (exact) mass is 199 g/mol. The minimum Gasteiger partial charge on any atom is -0.396 e. The summed E-state index contributed by atoms with van der Waals surface area (Å²) < 4.78 is 0. The molecule has 0 saturated heterocycles. The lowest BCUT2D eigenvalue weighted by Crippen LogP contribution is -2.38. The molecule has 84 valence electrons. The Bertz CT molecular complexity index is 179. The standard InChI is InChI=1S/C12H25NO/c1-9-7-12(3,4)8-11(9)13-10(2)5-6-14/h9-11,13-14H,5-8H2,1-4H3. The minimum atomic E-state index is 0.290. The van der Waals surface area contributed by atoms with E-state index in [9.17, 15) is 0 Å². The summed E-state index contributed by atoms with van der Waals surface area (Å²) in [6, 6.07) is 1.09. The van der Waals surface area contributed by atoms with E-state index in [2.05, 4.69) is 33.0 Å². The van der Waals surface area contributed by atoms with E-state index >= 15 is 0 Å². The van der Waals surface area contributed by atoms with Gasteiger partial charge in [0.2, 0.25) is 0 Å². The Balaban J connectivity index is 2.38. The van der Waals surface area contributed by atoms with Crippen LogP contribution in [-0.4, -0.2) is 23.8 Å². The summed E-state index contributed by atoms with van der Waals surface area (Å²) >= 11 is 0. The predicted molar refractivity (Wildman–Crippen MR) is 60.3 cm³/mol. The van der Waals surface area contributed by atoms with Gasteiger partial charge in [-0.25, -0.2) is 0 Å². The first-order valence-corrected chi connectivity index (χ1v) is 5.81. The highest BCUT2D eigenvalue weighted by atomic mass is 16.3. The number of aliphatic hydroxyl groups excluding tert-OH is 1. The van der Waals surface area contributed by atoms with E-state index in [0.29, 0.717) is 24.1 Å². The van der Waals surface area contributed by atoms with Crippen LogP contribution in [-0.2, 0) is 0 Å². The molecule has 0 radical (unpaired) electrons. The molecule has 0 heterocycles. The fourth-order valence-electron chi connectivity index (χ4n) is 2.76. The molecule has 2 heteroatoms. The summed E-state index contributed by atoms with van der Waals surface area (Å²) in [7, 11) is 0. The molecule has 1 aliphatic carbocycles. The third-order valence-corrected chi connectivity index (χ3v) is 3.39. The Morgan fingerprint density at radius 2 is 2.07 bits per heavy atom. The van der Waals surface area contributed by atoms with E-state index in [1.165, 1.54) is 12.8 Å². The van der Waals surface area contributed by atoms with Crippen LogP contribution in [0.4, 0.5) is 0 Å². The van der Waals surface area contributed by atoms with Gasteiger partial charge in [-0.05, 0) is 37.5 Å². The smallest absolute Gasteiger partial charge is 0.0445 e. The topological polar surface area (TPSA) is 32.3 Å². The van der Waals surface area contributed by atoms with Crippen LogP contribution in [0.1, 0.15) is 47.0 Å². The Morgan fingerprint density at radius 3 is 2.50 bits per heavy atom. The molecule has 2 N–H and O–H groups in total. The van der Waals surface area contributed by atoms with E-state index < -0.39 is 0 Å². The maximum Gasteiger partial charge on any atom is 0.0445 e. The molecule has 0 aromatic heterocycles. The summed E-state index contributed by atoms with van der Waals surface area (Å²) in [6.45, 7) is 9.48. The third kappa shape index (κ3) is 3.25. The zero-order valence-electron chi connectivity index (χ0n) is 10.0. The lowest BCUT2D eigenvalue weighted by Gasteiger charge is -2.23. The minimum absolute atomic E-state index is 0.290. The fraction of sp³-hybridized carbons (Fsp3) is 1.00. The van der Waals surface area contributed by atoms with E-state index in [1.54, 1.807) is 0 Å². The lowest BCUT2D eigenvalue weighted by atomic mass is 9.91. The number of rotatable bonds is 4. The van der Waals surface area contributed by atoms with Crippen LogP contribution in [0.2, 0.25) is 0 Å². The molecule has 0 amide bonds. The first kappa shape index (κ1) is 12.0. The Labute approximate surface area is 88.1 Å². The van der Waals surface area contributed by atoms with Crippen molar-refractivity contribution in [1.82, 2.24) is 5.32 Å². The predicted octanol–water partition coefficient (Wildman–Crippen LogP) is 2.17. The Morgan fingerprint density at radius 1 is 1.43 bits per heavy atom. The molecule has 1 aliphatic rings. The SMILES string of the molecule is CC(CCO)NC1CC(C)(C)CC1C. The third-order valence-electron chi connectivity index (χ3n) is 3.39. The molecule has 1 saturated carbocycles. The molecular weight excluding hydrogens is 174 g/mol. The van der Waals surface area contributed by atoms with Crippen LogP contribution < -0.4 is 5.32 Å². The van der Waals surface area contributed by atoms with Crippen molar-refractivity contribution < 1.29 is 5.11 Å². The van der Waals surface area contributed by atoms with Crippen LogP contribution in [0.3, 0.4) is 0 Å². The molecule has 3 unspecified atom stereocenters. The van der Waals surface area contributed by atoms with Gasteiger partial charge in [0.25, 0.3) is 0 Å². The zero-order valence-corrected chi connectivity index (χ0v) is 10.0. The summed E-state index contributed by atoms with van der Waals surface area (Å²) in [5.41, 5.74) is 0.496. The highest BCUT2D eigenvalue weighted by molar-refractivity contribution is 4.91. The van der Waals surface area contributed by atoms with Gasteiger partial charge >= 0.3 is 0 Å². The molecule has 0 aliphatic heterocycles. The molecule has 0 aromatic carbocycles. The van der Waals surface area contributed by atoms with Crippen molar-refractivity contribution in [1.29, 1.82) is 0 Å². The molecular formula is C12H25NO. The second-order valence-electron chi connectivity index (χ2n) is 5.74. The second-order valence-corrected chi connectivity index (χ2v) is 5.74. The van der Waals surface area contributed by atoms with Gasteiger partial charge in [0.1, 0.15) is 0 Å². The van der Waals surface area contributed by atoms with Crippen molar-refractivity contribution in [2.75, 3.05) is 6.61 Å². The van der Waals surface area contributed by atoms with Crippen molar-refractivity contribution in [3.05, 3.63) is 0 Å². The highest BCUT2D eigenvalue weighted by Crippen LogP contribution is 2.40. The van der Waals surface area contributed by atoms with Gasteiger partial charge in [-0.2, -0.15) is 0 Å². The zero-order chi connectivity index (χ0) is 10.8. The van der Waals surface area contributed by atoms with Gasteiger partial charge in [0.15, 0.2) is 0 Å². The number of nitrogens with one attached hydrogen (secondary N) is 1. The van der Waals surface area contributed by atoms with Gasteiger partial charge in [-0.1, -0.05) is 20.8 Å². The van der Waals surface area contributed by atoms with Gasteiger partial charge in [-0.15, -0.1) is 0 Å². The van der Waals surface area contributed by atoms with Crippen molar-refractivity contribution in [3.63, 3.8) is 0 Å². The van der Waals surface area contributed by atoms with Crippen molar-refractivity contribution in [2.24, 2.45) is 11.3 Å². The Kier molecular flexibility index (Phi) is 3.96. The van der Waals surface area contributed by atoms with Crippen molar-refractivity contribution in [3.8, 4) is 0 Å². The largest absolute Gasteiger partial charge is 0.396 e. The number of hydrogen-bond donors (Lipinski definition) is 2. The molecule has 1 fully saturated rings. The molecule has 0 bridgehead atoms. The van der Waals surface area contributed by atoms with Crippen LogP contribution in [0, 0.1) is 11.3 Å². The molecule has 14 heavy (non-hydrogen) atoms. The molecule has 0 spiro atoms. The van der Waals surface area contributed by atoms with Gasteiger partial charge in [0, 0.05) is 18.7 Å². The van der Waals surface area contributed by atoms with Gasteiger partial charge in [-0.3, -0.25) is 0 Å². The van der Waals surface area contributed by atoms with E-state index in [0.717, 1.165) is 12.3 Å². The first-order chi connectivity index (χ1) is 6.44. The molecule has 2 nitrogen and oxygen atoms in total. The maximum atomic E-state index is 8.84. The van der Waals surface area contributed by atoms with E-state index in [1.807, 2.05) is 0 Å². The summed E-state index contributed by atoms with van der Waals surface area (Å²) in [4.78, 5) is 0. The summed E-state index contributed by atoms with van der Waals surface area (Å²) in [5.74, 6) is 0.770. The highest BCUT2D eigenvalue weighted by Gasteiger charge is 2.36. The Hall–Kier alpha value is -0.0800. The normalized spacial score (nSPS) is 33.2. The van der Waals surface area contributed by atoms with Gasteiger partial charge < -0.3 is 10.4 Å². The summed E-state index contributed by atoms with van der Waals surface area (Å²) in [5, 5.41) is 12.5. The van der Waals surface area contributed by atoms with E-state index in [4.69, 9.17) is 5.11 Å². The maximum absolute atomic E-state index is 8.84. The molecule has 1 rings (SSSR count). The second kappa shape index (κ2) is 4.63. The van der Waals surface area contributed by atoms with Crippen LogP contribution in [0.15, 0.2) is 0 Å². The lowest BCUT2D eigenvalue weighted by molar-refractivity contribution is 0.256. The van der Waals surface area contributed by atoms with Crippen molar-refractivity contribution >= 4 is 0 Å². The fourth-order valence-corrected chi connectivity index (χ4v) is 2.76. The van der Waals surface area contributed by atoms with Crippen LogP contribution in [0.5, 0.6) is 0 Å². The molecule has 0 aromatic rings. The van der Waals surface area contributed by atoms with Crippen LogP contribution >= 0.6 is 0 Å². The first-order valence-electron chi connectivity index (χ1n) is 5.81. The summed E-state index contributed by atoms with van der Waals surface area (Å²) in [6.07, 6.45) is 3.45. The van der Waals surface area contributed by atoms with Crippen LogP contribution in [0.25, 0.3) is 0 Å². The average molecular weight is 199 g/mol. The number of aliphatic hydroxyl groups is 1. The van der Waals surface area contributed by atoms with Crippen molar-refractivity contribution in [2.45, 2.75) is 59.0 Å². The van der Waals surface area contributed by atoms with E-state index in [-0.39, 0.29) is 0 Å². The van der Waals surface area contributed by atoms with Gasteiger partial charge in [0.05, 0.1) is 0 Å². The molecule has 3 atom stereocenters. The quantitative estimate of drug-likeness (QED) is 0.727.